The van der Waals surface area contributed by atoms with E-state index < -0.39 is 0 Å². The smallest absolute Gasteiger partial charge is 0.147 e. The highest BCUT2D eigenvalue weighted by Gasteiger charge is 2.25. The predicted molar refractivity (Wildman–Crippen MR) is 86.1 cm³/mol. The molecule has 0 spiro atoms. The lowest BCUT2D eigenvalue weighted by Crippen LogP contribution is -2.19. The zero-order chi connectivity index (χ0) is 14.2. The molecule has 0 amide bonds. The van der Waals surface area contributed by atoms with Crippen LogP contribution in [0.1, 0.15) is 25.0 Å². The first-order chi connectivity index (χ1) is 8.82. The normalized spacial score (nSPS) is 11.6. The van der Waals surface area contributed by atoms with Crippen LogP contribution in [-0.2, 0) is 5.41 Å². The minimum atomic E-state index is -0.259. The predicted octanol–water partition coefficient (Wildman–Crippen LogP) is 4.68. The third kappa shape index (κ3) is 2.82. The molecule has 4 heteroatoms. The van der Waals surface area contributed by atoms with Crippen LogP contribution in [0.25, 0.3) is 0 Å². The Hall–Kier alpha value is -0.940. The summed E-state index contributed by atoms with van der Waals surface area (Å²) >= 11 is 8.11. The molecule has 0 aromatic heterocycles. The largest absolute Gasteiger partial charge is 0.508 e. The maximum Gasteiger partial charge on any atom is 0.147 e. The van der Waals surface area contributed by atoms with Crippen molar-refractivity contribution in [3.8, 4) is 11.5 Å². The van der Waals surface area contributed by atoms with E-state index in [-0.39, 0.29) is 16.9 Å². The first kappa shape index (κ1) is 14.5. The van der Waals surface area contributed by atoms with Gasteiger partial charge in [-0.15, -0.1) is 0 Å². The van der Waals surface area contributed by atoms with Crippen molar-refractivity contribution in [1.29, 1.82) is 0 Å². The van der Waals surface area contributed by atoms with Gasteiger partial charge in [0, 0.05) is 5.41 Å². The molecule has 0 saturated heterocycles. The number of hydrogen-bond donors (Lipinski definition) is 2. The summed E-state index contributed by atoms with van der Waals surface area (Å²) in [6.07, 6.45) is 0. The molecule has 2 nitrogen and oxygen atoms in total. The Morgan fingerprint density at radius 1 is 1.00 bits per heavy atom. The number of hydrogen-bond acceptors (Lipinski definition) is 2. The quantitative estimate of drug-likeness (QED) is 0.733. The van der Waals surface area contributed by atoms with E-state index in [0.29, 0.717) is 5.02 Å². The van der Waals surface area contributed by atoms with Gasteiger partial charge in [-0.25, -0.2) is 0 Å². The molecule has 19 heavy (non-hydrogen) atoms. The number of halogens is 2. The minimum Gasteiger partial charge on any atom is -0.508 e. The van der Waals surface area contributed by atoms with Gasteiger partial charge in [0.25, 0.3) is 0 Å². The monoisotopic (exact) mass is 388 g/mol. The van der Waals surface area contributed by atoms with Crippen molar-refractivity contribution in [3.63, 3.8) is 0 Å². The Bertz CT molecular complexity index is 583. The summed E-state index contributed by atoms with van der Waals surface area (Å²) in [4.78, 5) is 0. The Kier molecular flexibility index (Phi) is 3.97. The van der Waals surface area contributed by atoms with E-state index in [4.69, 9.17) is 11.6 Å². The Morgan fingerprint density at radius 2 is 1.58 bits per heavy atom. The SMILES string of the molecule is CC(C)(c1ccc(O)cc1)c1cc(Cl)c(O)c(I)c1. The zero-order valence-electron chi connectivity index (χ0n) is 10.6. The number of rotatable bonds is 2. The van der Waals surface area contributed by atoms with Crippen LogP contribution >= 0.6 is 34.2 Å². The molecule has 0 atom stereocenters. The lowest BCUT2D eigenvalue weighted by atomic mass is 9.78. The molecule has 100 valence electrons. The Balaban J connectivity index is 2.52. The van der Waals surface area contributed by atoms with Gasteiger partial charge in [0.2, 0.25) is 0 Å². The van der Waals surface area contributed by atoms with Crippen LogP contribution in [-0.4, -0.2) is 10.2 Å². The second-order valence-corrected chi connectivity index (χ2v) is 6.53. The molecule has 0 aliphatic rings. The summed E-state index contributed by atoms with van der Waals surface area (Å²) in [5, 5.41) is 19.4. The van der Waals surface area contributed by atoms with Crippen molar-refractivity contribution in [3.05, 3.63) is 56.1 Å². The van der Waals surface area contributed by atoms with Gasteiger partial charge in [-0.05, 0) is 58.0 Å². The molecule has 0 aliphatic heterocycles. The second-order valence-electron chi connectivity index (χ2n) is 4.96. The van der Waals surface area contributed by atoms with Gasteiger partial charge in [0.15, 0.2) is 0 Å². The average molecular weight is 389 g/mol. The molecule has 0 fully saturated rings. The summed E-state index contributed by atoms with van der Waals surface area (Å²) in [6.45, 7) is 4.16. The van der Waals surface area contributed by atoms with Crippen LogP contribution in [0.3, 0.4) is 0 Å². The molecule has 0 aliphatic carbocycles. The highest BCUT2D eigenvalue weighted by Crippen LogP contribution is 2.38. The van der Waals surface area contributed by atoms with Gasteiger partial charge in [-0.1, -0.05) is 37.6 Å². The van der Waals surface area contributed by atoms with Crippen molar-refractivity contribution in [2.45, 2.75) is 19.3 Å². The summed E-state index contributed by atoms with van der Waals surface area (Å²) in [5.74, 6) is 0.366. The van der Waals surface area contributed by atoms with Crippen molar-refractivity contribution in [2.75, 3.05) is 0 Å². The molecule has 2 N–H and O–H groups in total. The van der Waals surface area contributed by atoms with Crippen LogP contribution in [0.2, 0.25) is 5.02 Å². The highest BCUT2D eigenvalue weighted by molar-refractivity contribution is 14.1. The van der Waals surface area contributed by atoms with Crippen LogP contribution in [0.15, 0.2) is 36.4 Å². The van der Waals surface area contributed by atoms with Gasteiger partial charge < -0.3 is 10.2 Å². The Morgan fingerprint density at radius 3 is 2.11 bits per heavy atom. The van der Waals surface area contributed by atoms with E-state index in [2.05, 4.69) is 36.4 Å². The van der Waals surface area contributed by atoms with Crippen LogP contribution in [0, 0.1) is 3.57 Å². The average Bonchev–Trinajstić information content (AvgIpc) is 2.35. The molecule has 2 rings (SSSR count). The van der Waals surface area contributed by atoms with Crippen molar-refractivity contribution >= 4 is 34.2 Å². The summed E-state index contributed by atoms with van der Waals surface area (Å²) in [7, 11) is 0. The summed E-state index contributed by atoms with van der Waals surface area (Å²) in [5.41, 5.74) is 1.83. The number of aromatic hydroxyl groups is 2. The Labute approximate surface area is 131 Å². The zero-order valence-corrected chi connectivity index (χ0v) is 13.5. The van der Waals surface area contributed by atoms with E-state index in [1.807, 2.05) is 18.2 Å². The molecule has 0 radical (unpaired) electrons. The van der Waals surface area contributed by atoms with Crippen molar-refractivity contribution in [1.82, 2.24) is 0 Å². The number of benzene rings is 2. The third-order valence-electron chi connectivity index (χ3n) is 3.33. The molecule has 0 heterocycles. The fourth-order valence-electron chi connectivity index (χ4n) is 1.97. The van der Waals surface area contributed by atoms with Crippen LogP contribution in [0.4, 0.5) is 0 Å². The molecular formula is C15H14ClIO2. The molecule has 0 unspecified atom stereocenters. The minimum absolute atomic E-state index is 0.118. The fraction of sp³-hybridized carbons (Fsp3) is 0.200. The maximum absolute atomic E-state index is 9.73. The standard InChI is InChI=1S/C15H14ClIO2/c1-15(2,9-3-5-11(18)6-4-9)10-7-12(16)14(19)13(17)8-10/h3-8,18-19H,1-2H3. The van der Waals surface area contributed by atoms with Crippen molar-refractivity contribution in [2.24, 2.45) is 0 Å². The third-order valence-corrected chi connectivity index (χ3v) is 4.44. The van der Waals surface area contributed by atoms with E-state index in [9.17, 15) is 10.2 Å². The number of phenols is 2. The lowest BCUT2D eigenvalue weighted by Gasteiger charge is -2.27. The van der Waals surface area contributed by atoms with E-state index in [1.54, 1.807) is 18.2 Å². The molecule has 0 bridgehead atoms. The van der Waals surface area contributed by atoms with E-state index >= 15 is 0 Å². The first-order valence-electron chi connectivity index (χ1n) is 5.80. The molecular weight excluding hydrogens is 375 g/mol. The number of phenolic OH excluding ortho intramolecular Hbond substituents is 2. The van der Waals surface area contributed by atoms with Gasteiger partial charge >= 0.3 is 0 Å². The van der Waals surface area contributed by atoms with Gasteiger partial charge in [0.05, 0.1) is 8.59 Å². The van der Waals surface area contributed by atoms with Crippen molar-refractivity contribution < 1.29 is 10.2 Å². The highest BCUT2D eigenvalue weighted by atomic mass is 127. The van der Waals surface area contributed by atoms with E-state index in [1.165, 1.54) is 0 Å². The summed E-state index contributed by atoms with van der Waals surface area (Å²) in [6, 6.07) is 10.8. The maximum atomic E-state index is 9.73. The molecule has 0 saturated carbocycles. The second kappa shape index (κ2) is 5.21. The van der Waals surface area contributed by atoms with Crippen LogP contribution in [0.5, 0.6) is 11.5 Å². The van der Waals surface area contributed by atoms with E-state index in [0.717, 1.165) is 14.7 Å². The van der Waals surface area contributed by atoms with Gasteiger partial charge in [0.1, 0.15) is 11.5 Å². The first-order valence-corrected chi connectivity index (χ1v) is 7.26. The fourth-order valence-corrected chi connectivity index (χ4v) is 2.98. The van der Waals surface area contributed by atoms with Gasteiger partial charge in [-0.3, -0.25) is 0 Å². The molecule has 2 aromatic carbocycles. The van der Waals surface area contributed by atoms with Crippen LogP contribution < -0.4 is 0 Å². The topological polar surface area (TPSA) is 40.5 Å². The lowest BCUT2D eigenvalue weighted by molar-refractivity contribution is 0.470. The summed E-state index contributed by atoms with van der Waals surface area (Å²) < 4.78 is 0.729. The van der Waals surface area contributed by atoms with Gasteiger partial charge in [-0.2, -0.15) is 0 Å². The molecule has 2 aromatic rings.